The number of hydrogen-bond donors (Lipinski definition) is 1. The first-order valence-electron chi connectivity index (χ1n) is 6.97. The third-order valence-electron chi connectivity index (χ3n) is 4.70. The number of methoxy groups -OCH3 is 1. The fraction of sp³-hybridized carbons (Fsp3) is 1.00. The van der Waals surface area contributed by atoms with Crippen molar-refractivity contribution < 1.29 is 4.74 Å². The first kappa shape index (κ1) is 14.9. The summed E-state index contributed by atoms with van der Waals surface area (Å²) in [6.07, 6.45) is 6.45. The van der Waals surface area contributed by atoms with Crippen LogP contribution < -0.4 is 5.73 Å². The summed E-state index contributed by atoms with van der Waals surface area (Å²) in [6, 6.07) is 0.689. The van der Waals surface area contributed by atoms with E-state index < -0.39 is 0 Å². The molecule has 0 aromatic rings. The lowest BCUT2D eigenvalue weighted by Gasteiger charge is -2.46. The molecule has 102 valence electrons. The highest BCUT2D eigenvalue weighted by Crippen LogP contribution is 2.32. The van der Waals surface area contributed by atoms with Gasteiger partial charge in [-0.15, -0.1) is 0 Å². The lowest BCUT2D eigenvalue weighted by atomic mass is 9.82. The molecule has 0 aromatic carbocycles. The lowest BCUT2D eigenvalue weighted by Crippen LogP contribution is -2.56. The van der Waals surface area contributed by atoms with E-state index in [1.165, 1.54) is 25.7 Å². The Morgan fingerprint density at radius 2 is 2.00 bits per heavy atom. The summed E-state index contributed by atoms with van der Waals surface area (Å²) < 4.78 is 5.22. The zero-order valence-electron chi connectivity index (χ0n) is 12.0. The highest BCUT2D eigenvalue weighted by Gasteiger charge is 2.35. The zero-order chi connectivity index (χ0) is 12.9. The van der Waals surface area contributed by atoms with Crippen molar-refractivity contribution in [3.63, 3.8) is 0 Å². The van der Waals surface area contributed by atoms with Crippen molar-refractivity contribution in [1.82, 2.24) is 4.90 Å². The van der Waals surface area contributed by atoms with Crippen molar-refractivity contribution in [3.05, 3.63) is 0 Å². The molecule has 3 unspecified atom stereocenters. The quantitative estimate of drug-likeness (QED) is 0.776. The number of nitrogens with zero attached hydrogens (tertiary/aromatic N) is 1. The minimum absolute atomic E-state index is 0.0757. The molecular formula is C14H30N2O. The van der Waals surface area contributed by atoms with Crippen LogP contribution in [0.25, 0.3) is 0 Å². The van der Waals surface area contributed by atoms with Crippen molar-refractivity contribution in [2.24, 2.45) is 11.7 Å². The third-order valence-corrected chi connectivity index (χ3v) is 4.70. The second kappa shape index (κ2) is 6.72. The van der Waals surface area contributed by atoms with Gasteiger partial charge in [0.2, 0.25) is 0 Å². The van der Waals surface area contributed by atoms with Crippen LogP contribution in [0.2, 0.25) is 0 Å². The van der Waals surface area contributed by atoms with Gasteiger partial charge in [-0.25, -0.2) is 0 Å². The highest BCUT2D eigenvalue weighted by atomic mass is 16.5. The normalized spacial score (nSPS) is 29.3. The molecule has 0 bridgehead atoms. The van der Waals surface area contributed by atoms with E-state index in [1.807, 2.05) is 0 Å². The Balaban J connectivity index is 2.65. The Kier molecular flexibility index (Phi) is 5.90. The first-order valence-corrected chi connectivity index (χ1v) is 6.97. The fourth-order valence-electron chi connectivity index (χ4n) is 3.02. The van der Waals surface area contributed by atoms with Gasteiger partial charge in [0.25, 0.3) is 0 Å². The Labute approximate surface area is 107 Å². The van der Waals surface area contributed by atoms with E-state index in [0.717, 1.165) is 18.9 Å². The van der Waals surface area contributed by atoms with Crippen LogP contribution in [0.15, 0.2) is 0 Å². The van der Waals surface area contributed by atoms with Gasteiger partial charge in [-0.05, 0) is 39.2 Å². The van der Waals surface area contributed by atoms with Crippen LogP contribution >= 0.6 is 0 Å². The molecule has 0 aromatic heterocycles. The van der Waals surface area contributed by atoms with E-state index in [0.29, 0.717) is 12.6 Å². The largest absolute Gasteiger partial charge is 0.385 e. The van der Waals surface area contributed by atoms with Gasteiger partial charge in [-0.3, -0.25) is 4.90 Å². The van der Waals surface area contributed by atoms with Crippen LogP contribution in [0.3, 0.4) is 0 Å². The van der Waals surface area contributed by atoms with Crippen LogP contribution in [0, 0.1) is 5.92 Å². The summed E-state index contributed by atoms with van der Waals surface area (Å²) in [7, 11) is 4.01. The molecule has 0 radical (unpaired) electrons. The van der Waals surface area contributed by atoms with Crippen molar-refractivity contribution in [1.29, 1.82) is 0 Å². The number of likely N-dealkylation sites (N-methyl/N-ethyl adjacent to an activating group) is 1. The molecule has 0 saturated heterocycles. The zero-order valence-corrected chi connectivity index (χ0v) is 12.0. The van der Waals surface area contributed by atoms with Crippen molar-refractivity contribution in [2.75, 3.05) is 27.3 Å². The standard InChI is InChI=1S/C14H30N2O/c1-12-7-5-6-8-13(12)16(3)14(2,11-15)9-10-17-4/h12-13H,5-11,15H2,1-4H3. The average Bonchev–Trinajstić information content (AvgIpc) is 2.35. The van der Waals surface area contributed by atoms with Crippen LogP contribution in [0.4, 0.5) is 0 Å². The summed E-state index contributed by atoms with van der Waals surface area (Å²) >= 11 is 0. The van der Waals surface area contributed by atoms with Crippen molar-refractivity contribution >= 4 is 0 Å². The molecule has 3 nitrogen and oxygen atoms in total. The highest BCUT2D eigenvalue weighted by molar-refractivity contribution is 4.92. The molecule has 1 aliphatic rings. The van der Waals surface area contributed by atoms with E-state index in [1.54, 1.807) is 7.11 Å². The number of rotatable bonds is 6. The SMILES string of the molecule is COCCC(C)(CN)N(C)C1CCCCC1C. The predicted octanol–water partition coefficient (Wildman–Crippen LogP) is 2.25. The van der Waals surface area contributed by atoms with Gasteiger partial charge in [0, 0.05) is 31.8 Å². The topological polar surface area (TPSA) is 38.5 Å². The van der Waals surface area contributed by atoms with Crippen LogP contribution in [0.1, 0.15) is 46.0 Å². The van der Waals surface area contributed by atoms with Gasteiger partial charge in [0.05, 0.1) is 0 Å². The van der Waals surface area contributed by atoms with Crippen molar-refractivity contribution in [3.8, 4) is 0 Å². The molecule has 1 saturated carbocycles. The summed E-state index contributed by atoms with van der Waals surface area (Å²) in [4.78, 5) is 2.52. The summed E-state index contributed by atoms with van der Waals surface area (Å²) in [5.74, 6) is 0.794. The van der Waals surface area contributed by atoms with Gasteiger partial charge < -0.3 is 10.5 Å². The molecule has 2 N–H and O–H groups in total. The molecule has 1 rings (SSSR count). The van der Waals surface area contributed by atoms with Crippen LogP contribution in [0.5, 0.6) is 0 Å². The van der Waals surface area contributed by atoms with Crippen LogP contribution in [-0.4, -0.2) is 43.8 Å². The maximum Gasteiger partial charge on any atom is 0.0480 e. The van der Waals surface area contributed by atoms with Crippen LogP contribution in [-0.2, 0) is 4.74 Å². The van der Waals surface area contributed by atoms with Gasteiger partial charge in [-0.2, -0.15) is 0 Å². The van der Waals surface area contributed by atoms with E-state index in [2.05, 4.69) is 25.8 Å². The van der Waals surface area contributed by atoms with Crippen molar-refractivity contribution in [2.45, 2.75) is 57.5 Å². The van der Waals surface area contributed by atoms with E-state index in [9.17, 15) is 0 Å². The second-order valence-electron chi connectivity index (χ2n) is 5.88. The maximum absolute atomic E-state index is 6.00. The maximum atomic E-state index is 6.00. The third kappa shape index (κ3) is 3.67. The molecular weight excluding hydrogens is 212 g/mol. The Morgan fingerprint density at radius 1 is 1.35 bits per heavy atom. The molecule has 3 atom stereocenters. The molecule has 0 amide bonds. The Bertz CT molecular complexity index is 222. The van der Waals surface area contributed by atoms with E-state index in [4.69, 9.17) is 10.5 Å². The lowest BCUT2D eigenvalue weighted by molar-refractivity contribution is 0.0212. The van der Waals surface area contributed by atoms with E-state index >= 15 is 0 Å². The molecule has 3 heteroatoms. The smallest absolute Gasteiger partial charge is 0.0480 e. The average molecular weight is 242 g/mol. The monoisotopic (exact) mass is 242 g/mol. The molecule has 1 aliphatic carbocycles. The minimum atomic E-state index is 0.0757. The number of nitrogens with two attached hydrogens (primary N) is 1. The fourth-order valence-corrected chi connectivity index (χ4v) is 3.02. The van der Waals surface area contributed by atoms with Gasteiger partial charge >= 0.3 is 0 Å². The Hall–Kier alpha value is -0.120. The van der Waals surface area contributed by atoms with Gasteiger partial charge in [0.1, 0.15) is 0 Å². The molecule has 1 fully saturated rings. The number of hydrogen-bond acceptors (Lipinski definition) is 3. The predicted molar refractivity (Wildman–Crippen MR) is 73.1 cm³/mol. The molecule has 0 spiro atoms. The van der Waals surface area contributed by atoms with E-state index in [-0.39, 0.29) is 5.54 Å². The van der Waals surface area contributed by atoms with Gasteiger partial charge in [0.15, 0.2) is 0 Å². The Morgan fingerprint density at radius 3 is 2.53 bits per heavy atom. The first-order chi connectivity index (χ1) is 8.05. The minimum Gasteiger partial charge on any atom is -0.385 e. The second-order valence-corrected chi connectivity index (χ2v) is 5.88. The summed E-state index contributed by atoms with van der Waals surface area (Å²) in [5, 5.41) is 0. The molecule has 17 heavy (non-hydrogen) atoms. The molecule has 0 heterocycles. The van der Waals surface area contributed by atoms with Gasteiger partial charge in [-0.1, -0.05) is 19.8 Å². The summed E-state index contributed by atoms with van der Waals surface area (Å²) in [6.45, 7) is 6.15. The molecule has 0 aliphatic heterocycles. The summed E-state index contributed by atoms with van der Waals surface area (Å²) in [5.41, 5.74) is 6.08. The number of ether oxygens (including phenoxy) is 1.